The molecule has 0 radical (unpaired) electrons. The molecule has 0 unspecified atom stereocenters. The number of benzene rings is 2. The Morgan fingerprint density at radius 2 is 1.75 bits per heavy atom. The summed E-state index contributed by atoms with van der Waals surface area (Å²) in [7, 11) is -3.66. The molecule has 152 valence electrons. The van der Waals surface area contributed by atoms with Crippen LogP contribution in [0.5, 0.6) is 5.75 Å². The van der Waals surface area contributed by atoms with Crippen LogP contribution in [0, 0.1) is 5.92 Å². The lowest BCUT2D eigenvalue weighted by Crippen LogP contribution is -2.40. The third-order valence-corrected chi connectivity index (χ3v) is 6.95. The topological polar surface area (TPSA) is 72.9 Å². The van der Waals surface area contributed by atoms with Crippen molar-refractivity contribution >= 4 is 26.8 Å². The van der Waals surface area contributed by atoms with Crippen molar-refractivity contribution in [1.29, 1.82) is 0 Å². The van der Waals surface area contributed by atoms with Crippen molar-refractivity contribution in [2.24, 2.45) is 5.92 Å². The number of rotatable bonds is 7. The number of carbonyl (C=O) groups is 1. The average Bonchev–Trinajstić information content (AvgIpc) is 2.72. The van der Waals surface area contributed by atoms with Crippen molar-refractivity contribution in [2.75, 3.05) is 26.3 Å². The maximum absolute atomic E-state index is 13.3. The van der Waals surface area contributed by atoms with Crippen molar-refractivity contribution in [3.63, 3.8) is 0 Å². The highest BCUT2D eigenvalue weighted by molar-refractivity contribution is 7.89. The first kappa shape index (κ1) is 20.6. The zero-order chi connectivity index (χ0) is 20.1. The maximum Gasteiger partial charge on any atom is 0.309 e. The van der Waals surface area contributed by atoms with Gasteiger partial charge < -0.3 is 9.47 Å². The van der Waals surface area contributed by atoms with Gasteiger partial charge in [-0.05, 0) is 38.3 Å². The third-order valence-electron chi connectivity index (χ3n) is 5.00. The number of ether oxygens (including phenoxy) is 2. The number of esters is 1. The van der Waals surface area contributed by atoms with Crippen molar-refractivity contribution in [2.45, 2.75) is 38.0 Å². The van der Waals surface area contributed by atoms with E-state index in [1.54, 1.807) is 19.1 Å². The van der Waals surface area contributed by atoms with Gasteiger partial charge in [0.15, 0.2) is 0 Å². The first-order valence-electron chi connectivity index (χ1n) is 9.80. The van der Waals surface area contributed by atoms with Crippen molar-refractivity contribution < 1.29 is 22.7 Å². The fourth-order valence-electron chi connectivity index (χ4n) is 3.54. The van der Waals surface area contributed by atoms with E-state index in [-0.39, 0.29) is 16.8 Å². The Bertz CT molecular complexity index is 933. The molecule has 1 heterocycles. The van der Waals surface area contributed by atoms with E-state index in [2.05, 4.69) is 0 Å². The summed E-state index contributed by atoms with van der Waals surface area (Å²) in [6.45, 7) is 5.35. The van der Waals surface area contributed by atoms with E-state index >= 15 is 0 Å². The SMILES string of the molecule is CCCOc1ccc(S(=O)(=O)N2CCC(C(=O)OCC)CC2)c2ccccc12. The van der Waals surface area contributed by atoms with Crippen LogP contribution in [-0.4, -0.2) is 45.0 Å². The summed E-state index contributed by atoms with van der Waals surface area (Å²) in [6.07, 6.45) is 1.84. The van der Waals surface area contributed by atoms with Gasteiger partial charge >= 0.3 is 5.97 Å². The van der Waals surface area contributed by atoms with E-state index in [1.807, 2.05) is 31.2 Å². The minimum Gasteiger partial charge on any atom is -0.493 e. The maximum atomic E-state index is 13.3. The number of nitrogens with zero attached hydrogens (tertiary/aromatic N) is 1. The smallest absolute Gasteiger partial charge is 0.309 e. The Morgan fingerprint density at radius 1 is 1.07 bits per heavy atom. The number of carbonyl (C=O) groups excluding carboxylic acids is 1. The summed E-state index contributed by atoms with van der Waals surface area (Å²) in [5.41, 5.74) is 0. The lowest BCUT2D eigenvalue weighted by molar-refractivity contribution is -0.149. The molecule has 1 saturated heterocycles. The lowest BCUT2D eigenvalue weighted by atomic mass is 9.98. The molecular formula is C21H27NO5S. The van der Waals surface area contributed by atoms with Crippen LogP contribution in [0.3, 0.4) is 0 Å². The van der Waals surface area contributed by atoms with Crippen LogP contribution in [0.1, 0.15) is 33.1 Å². The van der Waals surface area contributed by atoms with Crippen LogP contribution in [0.4, 0.5) is 0 Å². The van der Waals surface area contributed by atoms with Crippen molar-refractivity contribution in [3.8, 4) is 5.75 Å². The highest BCUT2D eigenvalue weighted by atomic mass is 32.2. The molecule has 0 amide bonds. The zero-order valence-corrected chi connectivity index (χ0v) is 17.2. The molecule has 1 aliphatic heterocycles. The second-order valence-electron chi connectivity index (χ2n) is 6.89. The fraction of sp³-hybridized carbons (Fsp3) is 0.476. The van der Waals surface area contributed by atoms with Crippen LogP contribution >= 0.6 is 0 Å². The van der Waals surface area contributed by atoms with E-state index in [4.69, 9.17) is 9.47 Å². The van der Waals surface area contributed by atoms with Gasteiger partial charge in [-0.2, -0.15) is 4.31 Å². The van der Waals surface area contributed by atoms with Crippen LogP contribution in [-0.2, 0) is 19.6 Å². The predicted octanol–water partition coefficient (Wildman–Crippen LogP) is 3.59. The molecule has 0 atom stereocenters. The number of hydrogen-bond donors (Lipinski definition) is 0. The summed E-state index contributed by atoms with van der Waals surface area (Å²) in [5.74, 6) is 0.229. The first-order chi connectivity index (χ1) is 13.5. The van der Waals surface area contributed by atoms with Gasteiger partial charge in [0.2, 0.25) is 10.0 Å². The molecule has 2 aromatic rings. The molecule has 0 N–H and O–H groups in total. The van der Waals surface area contributed by atoms with Gasteiger partial charge in [0.25, 0.3) is 0 Å². The molecule has 1 aliphatic rings. The standard InChI is InChI=1S/C21H27NO5S/c1-3-15-27-19-9-10-20(18-8-6-5-7-17(18)19)28(24,25)22-13-11-16(12-14-22)21(23)26-4-2/h5-10,16H,3-4,11-15H2,1-2H3. The van der Waals surface area contributed by atoms with E-state index < -0.39 is 10.0 Å². The zero-order valence-electron chi connectivity index (χ0n) is 16.4. The second kappa shape index (κ2) is 8.92. The molecule has 3 rings (SSSR count). The third kappa shape index (κ3) is 4.15. The van der Waals surface area contributed by atoms with E-state index in [1.165, 1.54) is 4.31 Å². The minimum absolute atomic E-state index is 0.229. The van der Waals surface area contributed by atoms with Gasteiger partial charge in [0, 0.05) is 23.9 Å². The molecule has 0 spiro atoms. The van der Waals surface area contributed by atoms with Crippen molar-refractivity contribution in [1.82, 2.24) is 4.31 Å². The predicted molar refractivity (Wildman–Crippen MR) is 108 cm³/mol. The van der Waals surface area contributed by atoms with E-state index in [0.29, 0.717) is 50.3 Å². The van der Waals surface area contributed by atoms with Crippen LogP contribution < -0.4 is 4.74 Å². The van der Waals surface area contributed by atoms with Gasteiger partial charge in [-0.15, -0.1) is 0 Å². The van der Waals surface area contributed by atoms with Crippen LogP contribution in [0.25, 0.3) is 10.8 Å². The van der Waals surface area contributed by atoms with E-state index in [9.17, 15) is 13.2 Å². The molecule has 0 bridgehead atoms. The second-order valence-corrected chi connectivity index (χ2v) is 8.79. The molecule has 28 heavy (non-hydrogen) atoms. The summed E-state index contributed by atoms with van der Waals surface area (Å²) in [5, 5.41) is 1.45. The molecule has 7 heteroatoms. The lowest BCUT2D eigenvalue weighted by Gasteiger charge is -2.30. The molecule has 0 aromatic heterocycles. The Hall–Kier alpha value is -2.12. The molecule has 1 fully saturated rings. The Kier molecular flexibility index (Phi) is 6.57. The van der Waals surface area contributed by atoms with Gasteiger partial charge in [-0.1, -0.05) is 31.2 Å². The molecule has 6 nitrogen and oxygen atoms in total. The summed E-state index contributed by atoms with van der Waals surface area (Å²) in [6, 6.07) is 10.8. The van der Waals surface area contributed by atoms with E-state index in [0.717, 1.165) is 11.8 Å². The van der Waals surface area contributed by atoms with Gasteiger partial charge in [-0.3, -0.25) is 4.79 Å². The number of piperidine rings is 1. The quantitative estimate of drug-likeness (QED) is 0.658. The molecular weight excluding hydrogens is 378 g/mol. The average molecular weight is 406 g/mol. The minimum atomic E-state index is -3.66. The first-order valence-corrected chi connectivity index (χ1v) is 11.2. The van der Waals surface area contributed by atoms with Crippen LogP contribution in [0.2, 0.25) is 0 Å². The Morgan fingerprint density at radius 3 is 2.39 bits per heavy atom. The largest absolute Gasteiger partial charge is 0.493 e. The number of hydrogen-bond acceptors (Lipinski definition) is 5. The Balaban J connectivity index is 1.87. The fourth-order valence-corrected chi connectivity index (χ4v) is 5.20. The highest BCUT2D eigenvalue weighted by Gasteiger charge is 2.33. The summed E-state index contributed by atoms with van der Waals surface area (Å²) < 4.78 is 38.9. The molecule has 2 aromatic carbocycles. The van der Waals surface area contributed by atoms with Crippen LogP contribution in [0.15, 0.2) is 41.3 Å². The number of fused-ring (bicyclic) bond motifs is 1. The molecule has 0 saturated carbocycles. The highest BCUT2D eigenvalue weighted by Crippen LogP contribution is 2.34. The van der Waals surface area contributed by atoms with Crippen molar-refractivity contribution in [3.05, 3.63) is 36.4 Å². The van der Waals surface area contributed by atoms with Gasteiger partial charge in [-0.25, -0.2) is 8.42 Å². The molecule has 0 aliphatic carbocycles. The monoisotopic (exact) mass is 405 g/mol. The number of sulfonamides is 1. The van der Waals surface area contributed by atoms with Gasteiger partial charge in [0.05, 0.1) is 24.0 Å². The normalized spacial score (nSPS) is 16.2. The summed E-state index contributed by atoms with van der Waals surface area (Å²) in [4.78, 5) is 12.2. The Labute approximate surface area is 166 Å². The summed E-state index contributed by atoms with van der Waals surface area (Å²) >= 11 is 0. The van der Waals surface area contributed by atoms with Gasteiger partial charge in [0.1, 0.15) is 5.75 Å².